The van der Waals surface area contributed by atoms with Crippen LogP contribution in [0.3, 0.4) is 0 Å². The maximum atomic E-state index is 4.39. The van der Waals surface area contributed by atoms with Crippen molar-refractivity contribution in [2.45, 2.75) is 52.9 Å². The third-order valence-electron chi connectivity index (χ3n) is 3.95. The summed E-state index contributed by atoms with van der Waals surface area (Å²) in [5, 5.41) is 8.45. The summed E-state index contributed by atoms with van der Waals surface area (Å²) in [5.41, 5.74) is 3.05. The zero-order valence-electron chi connectivity index (χ0n) is 10.8. The van der Waals surface area contributed by atoms with Gasteiger partial charge < -0.3 is 0 Å². The van der Waals surface area contributed by atoms with Crippen LogP contribution in [-0.2, 0) is 6.42 Å². The molecule has 0 saturated carbocycles. The Morgan fingerprint density at radius 2 is 2.12 bits per heavy atom. The molecule has 1 aliphatic rings. The molecular weight excluding hydrogens is 196 g/mol. The monoisotopic (exact) mass is 218 g/mol. The second-order valence-corrected chi connectivity index (χ2v) is 5.97. The number of nitrogens with zero attached hydrogens (tertiary/aromatic N) is 2. The van der Waals surface area contributed by atoms with Crippen molar-refractivity contribution in [2.24, 2.45) is 11.3 Å². The highest BCUT2D eigenvalue weighted by Crippen LogP contribution is 2.45. The van der Waals surface area contributed by atoms with E-state index in [0.717, 1.165) is 5.92 Å². The van der Waals surface area contributed by atoms with Crippen LogP contribution in [0.15, 0.2) is 12.3 Å². The first-order valence-corrected chi connectivity index (χ1v) is 6.34. The number of aromatic nitrogens is 2. The van der Waals surface area contributed by atoms with Crippen LogP contribution in [0.1, 0.15) is 57.7 Å². The van der Waals surface area contributed by atoms with Crippen LogP contribution >= 0.6 is 0 Å². The van der Waals surface area contributed by atoms with E-state index in [1.54, 1.807) is 0 Å². The highest BCUT2D eigenvalue weighted by molar-refractivity contribution is 5.25. The molecule has 0 saturated heterocycles. The van der Waals surface area contributed by atoms with E-state index in [9.17, 15) is 0 Å². The number of hydrogen-bond acceptors (Lipinski definition) is 2. The summed E-state index contributed by atoms with van der Waals surface area (Å²) < 4.78 is 0. The van der Waals surface area contributed by atoms with Gasteiger partial charge in [0.25, 0.3) is 0 Å². The van der Waals surface area contributed by atoms with Gasteiger partial charge in [-0.05, 0) is 42.2 Å². The molecule has 2 unspecified atom stereocenters. The summed E-state index contributed by atoms with van der Waals surface area (Å²) in [6, 6.07) is 2.14. The van der Waals surface area contributed by atoms with Gasteiger partial charge in [-0.2, -0.15) is 10.2 Å². The van der Waals surface area contributed by atoms with Crippen LogP contribution in [0, 0.1) is 11.3 Å². The molecule has 2 atom stereocenters. The molecule has 0 spiro atoms. The van der Waals surface area contributed by atoms with Gasteiger partial charge in [0.1, 0.15) is 0 Å². The van der Waals surface area contributed by atoms with Crippen molar-refractivity contribution in [1.29, 1.82) is 0 Å². The SMILES string of the molecule is CCC1c2nnccc2CCC1C(C)(C)C. The third-order valence-corrected chi connectivity index (χ3v) is 3.95. The van der Waals surface area contributed by atoms with E-state index in [0.29, 0.717) is 11.3 Å². The smallest absolute Gasteiger partial charge is 0.0696 e. The number of rotatable bonds is 1. The molecule has 0 N–H and O–H groups in total. The molecule has 0 aromatic carbocycles. The molecule has 1 aromatic heterocycles. The number of aryl methyl sites for hydroxylation is 1. The van der Waals surface area contributed by atoms with Crippen molar-refractivity contribution < 1.29 is 0 Å². The van der Waals surface area contributed by atoms with Crippen molar-refractivity contribution >= 4 is 0 Å². The summed E-state index contributed by atoms with van der Waals surface area (Å²) in [5.74, 6) is 1.33. The number of hydrogen-bond donors (Lipinski definition) is 0. The summed E-state index contributed by atoms with van der Waals surface area (Å²) in [6.45, 7) is 9.32. The standard InChI is InChI=1S/C14H22N2/c1-5-11-12(14(2,3)4)7-6-10-8-9-15-16-13(10)11/h8-9,11-12H,5-7H2,1-4H3. The van der Waals surface area contributed by atoms with Gasteiger partial charge in [0, 0.05) is 12.1 Å². The largest absolute Gasteiger partial charge is 0.159 e. The van der Waals surface area contributed by atoms with E-state index in [1.165, 1.54) is 30.5 Å². The minimum absolute atomic E-state index is 0.371. The fourth-order valence-corrected chi connectivity index (χ4v) is 3.11. The molecule has 0 radical (unpaired) electrons. The molecule has 16 heavy (non-hydrogen) atoms. The predicted molar refractivity (Wildman–Crippen MR) is 66.3 cm³/mol. The van der Waals surface area contributed by atoms with E-state index in [1.807, 2.05) is 6.20 Å². The quantitative estimate of drug-likeness (QED) is 0.720. The van der Waals surface area contributed by atoms with Crippen LogP contribution in [0.5, 0.6) is 0 Å². The Labute approximate surface area is 98.5 Å². The third kappa shape index (κ3) is 1.98. The molecule has 1 aliphatic carbocycles. The van der Waals surface area contributed by atoms with Crippen molar-refractivity contribution in [3.63, 3.8) is 0 Å². The second-order valence-electron chi connectivity index (χ2n) is 5.97. The lowest BCUT2D eigenvalue weighted by atomic mass is 9.65. The molecule has 0 amide bonds. The normalized spacial score (nSPS) is 25.2. The fraction of sp³-hybridized carbons (Fsp3) is 0.714. The van der Waals surface area contributed by atoms with Crippen LogP contribution in [0.25, 0.3) is 0 Å². The summed E-state index contributed by atoms with van der Waals surface area (Å²) in [7, 11) is 0. The first-order valence-electron chi connectivity index (χ1n) is 6.34. The van der Waals surface area contributed by atoms with Crippen LogP contribution in [0.2, 0.25) is 0 Å². The first kappa shape index (κ1) is 11.6. The van der Waals surface area contributed by atoms with Crippen LogP contribution in [0.4, 0.5) is 0 Å². The van der Waals surface area contributed by atoms with E-state index < -0.39 is 0 Å². The molecule has 0 fully saturated rings. The van der Waals surface area contributed by atoms with Crippen molar-refractivity contribution in [1.82, 2.24) is 10.2 Å². The predicted octanol–water partition coefficient (Wildman–Crippen LogP) is 3.58. The van der Waals surface area contributed by atoms with E-state index in [2.05, 4.69) is 44.0 Å². The maximum absolute atomic E-state index is 4.39. The second kappa shape index (κ2) is 4.15. The highest BCUT2D eigenvalue weighted by Gasteiger charge is 2.36. The molecule has 2 heteroatoms. The minimum atomic E-state index is 0.371. The van der Waals surface area contributed by atoms with Gasteiger partial charge in [0.2, 0.25) is 0 Å². The lowest BCUT2D eigenvalue weighted by molar-refractivity contribution is 0.170. The van der Waals surface area contributed by atoms with Crippen LogP contribution in [-0.4, -0.2) is 10.2 Å². The van der Waals surface area contributed by atoms with Gasteiger partial charge in [0.15, 0.2) is 0 Å². The van der Waals surface area contributed by atoms with E-state index in [-0.39, 0.29) is 0 Å². The summed E-state index contributed by atoms with van der Waals surface area (Å²) in [6.07, 6.45) is 5.46. The van der Waals surface area contributed by atoms with Crippen molar-refractivity contribution in [3.8, 4) is 0 Å². The summed E-state index contributed by atoms with van der Waals surface area (Å²) >= 11 is 0. The zero-order chi connectivity index (χ0) is 11.8. The zero-order valence-corrected chi connectivity index (χ0v) is 10.8. The van der Waals surface area contributed by atoms with Gasteiger partial charge in [-0.15, -0.1) is 0 Å². The fourth-order valence-electron chi connectivity index (χ4n) is 3.11. The first-order chi connectivity index (χ1) is 7.54. The summed E-state index contributed by atoms with van der Waals surface area (Å²) in [4.78, 5) is 0. The molecule has 0 aliphatic heterocycles. The minimum Gasteiger partial charge on any atom is -0.159 e. The molecule has 1 heterocycles. The Hall–Kier alpha value is -0.920. The Bertz CT molecular complexity index is 365. The molecule has 0 bridgehead atoms. The average Bonchev–Trinajstić information content (AvgIpc) is 2.26. The molecule has 2 rings (SSSR count). The van der Waals surface area contributed by atoms with Gasteiger partial charge in [0.05, 0.1) is 5.69 Å². The van der Waals surface area contributed by atoms with Gasteiger partial charge in [-0.3, -0.25) is 0 Å². The topological polar surface area (TPSA) is 25.8 Å². The van der Waals surface area contributed by atoms with Crippen molar-refractivity contribution in [3.05, 3.63) is 23.5 Å². The molecule has 2 nitrogen and oxygen atoms in total. The molecular formula is C14H22N2. The van der Waals surface area contributed by atoms with Crippen LogP contribution < -0.4 is 0 Å². The Morgan fingerprint density at radius 1 is 1.38 bits per heavy atom. The Kier molecular flexibility index (Phi) is 3.00. The lowest BCUT2D eigenvalue weighted by Crippen LogP contribution is -2.31. The van der Waals surface area contributed by atoms with Gasteiger partial charge in [-0.1, -0.05) is 27.7 Å². The Morgan fingerprint density at radius 3 is 2.75 bits per heavy atom. The van der Waals surface area contributed by atoms with Crippen molar-refractivity contribution in [2.75, 3.05) is 0 Å². The molecule has 88 valence electrons. The molecule has 1 aromatic rings. The maximum Gasteiger partial charge on any atom is 0.0696 e. The number of fused-ring (bicyclic) bond motifs is 1. The lowest BCUT2D eigenvalue weighted by Gasteiger charge is -2.40. The van der Waals surface area contributed by atoms with Gasteiger partial charge >= 0.3 is 0 Å². The highest BCUT2D eigenvalue weighted by atomic mass is 15.1. The van der Waals surface area contributed by atoms with Gasteiger partial charge in [-0.25, -0.2) is 0 Å². The average molecular weight is 218 g/mol. The Balaban J connectivity index is 2.37. The van der Waals surface area contributed by atoms with E-state index >= 15 is 0 Å². The van der Waals surface area contributed by atoms with E-state index in [4.69, 9.17) is 0 Å².